The SMILES string of the molecule is C=CCNc1nc(Nc2ccc(OCC)cc2)cc(-c2ccccc2)n1. The molecule has 3 rings (SSSR count). The van der Waals surface area contributed by atoms with Crippen LogP contribution in [0.25, 0.3) is 11.3 Å². The van der Waals surface area contributed by atoms with Gasteiger partial charge in [-0.2, -0.15) is 4.98 Å². The average molecular weight is 346 g/mol. The zero-order valence-corrected chi connectivity index (χ0v) is 14.8. The molecule has 0 saturated carbocycles. The quantitative estimate of drug-likeness (QED) is 0.569. The van der Waals surface area contributed by atoms with E-state index >= 15 is 0 Å². The lowest BCUT2D eigenvalue weighted by Crippen LogP contribution is -2.06. The normalized spacial score (nSPS) is 10.2. The Labute approximate surface area is 153 Å². The molecule has 5 nitrogen and oxygen atoms in total. The van der Waals surface area contributed by atoms with Crippen molar-refractivity contribution in [3.63, 3.8) is 0 Å². The number of nitrogens with zero attached hydrogens (tertiary/aromatic N) is 2. The van der Waals surface area contributed by atoms with Gasteiger partial charge in [0.05, 0.1) is 12.3 Å². The number of benzene rings is 2. The largest absolute Gasteiger partial charge is 0.494 e. The Bertz CT molecular complexity index is 848. The number of nitrogens with one attached hydrogen (secondary N) is 2. The third-order valence-corrected chi connectivity index (χ3v) is 3.64. The maximum Gasteiger partial charge on any atom is 0.225 e. The van der Waals surface area contributed by atoms with E-state index in [4.69, 9.17) is 4.74 Å². The summed E-state index contributed by atoms with van der Waals surface area (Å²) < 4.78 is 5.48. The molecule has 2 aromatic carbocycles. The van der Waals surface area contributed by atoms with Gasteiger partial charge in [0.2, 0.25) is 5.95 Å². The first-order chi connectivity index (χ1) is 12.8. The molecule has 0 unspecified atom stereocenters. The minimum absolute atomic E-state index is 0.555. The van der Waals surface area contributed by atoms with E-state index in [0.717, 1.165) is 28.5 Å². The van der Waals surface area contributed by atoms with Crippen molar-refractivity contribution in [2.45, 2.75) is 6.92 Å². The summed E-state index contributed by atoms with van der Waals surface area (Å²) in [4.78, 5) is 9.13. The van der Waals surface area contributed by atoms with Crippen LogP contribution >= 0.6 is 0 Å². The van der Waals surface area contributed by atoms with Gasteiger partial charge in [0.15, 0.2) is 0 Å². The smallest absolute Gasteiger partial charge is 0.225 e. The van der Waals surface area contributed by atoms with E-state index in [1.165, 1.54) is 0 Å². The fourth-order valence-corrected chi connectivity index (χ4v) is 2.46. The molecule has 26 heavy (non-hydrogen) atoms. The third kappa shape index (κ3) is 4.60. The lowest BCUT2D eigenvalue weighted by Gasteiger charge is -2.11. The Kier molecular flexibility index (Phi) is 5.83. The summed E-state index contributed by atoms with van der Waals surface area (Å²) in [5.74, 6) is 2.12. The van der Waals surface area contributed by atoms with Crippen molar-refractivity contribution < 1.29 is 4.74 Å². The predicted octanol–water partition coefficient (Wildman–Crippen LogP) is 4.88. The van der Waals surface area contributed by atoms with E-state index in [1.807, 2.05) is 67.6 Å². The first-order valence-corrected chi connectivity index (χ1v) is 8.57. The van der Waals surface area contributed by atoms with Crippen molar-refractivity contribution in [1.29, 1.82) is 0 Å². The number of hydrogen-bond donors (Lipinski definition) is 2. The summed E-state index contributed by atoms with van der Waals surface area (Å²) in [7, 11) is 0. The highest BCUT2D eigenvalue weighted by atomic mass is 16.5. The maximum absolute atomic E-state index is 5.48. The average Bonchev–Trinajstić information content (AvgIpc) is 2.69. The lowest BCUT2D eigenvalue weighted by atomic mass is 10.1. The van der Waals surface area contributed by atoms with Crippen molar-refractivity contribution in [2.75, 3.05) is 23.8 Å². The van der Waals surface area contributed by atoms with Crippen molar-refractivity contribution in [3.05, 3.63) is 73.3 Å². The molecule has 0 aliphatic rings. The Morgan fingerprint density at radius 1 is 1.04 bits per heavy atom. The highest BCUT2D eigenvalue weighted by Crippen LogP contribution is 2.24. The molecule has 0 bridgehead atoms. The Hall–Kier alpha value is -3.34. The second kappa shape index (κ2) is 8.67. The Morgan fingerprint density at radius 2 is 1.81 bits per heavy atom. The maximum atomic E-state index is 5.48. The van der Waals surface area contributed by atoms with Crippen LogP contribution in [-0.2, 0) is 0 Å². The predicted molar refractivity (Wildman–Crippen MR) is 107 cm³/mol. The second-order valence-electron chi connectivity index (χ2n) is 5.58. The molecule has 1 heterocycles. The standard InChI is InChI=1S/C21H22N4O/c1-3-14-22-21-24-19(16-8-6-5-7-9-16)15-20(25-21)23-17-10-12-18(13-11-17)26-4-2/h3,5-13,15H,1,4,14H2,2H3,(H2,22,23,24,25). The number of rotatable bonds is 8. The molecule has 0 spiro atoms. The third-order valence-electron chi connectivity index (χ3n) is 3.64. The van der Waals surface area contributed by atoms with E-state index in [-0.39, 0.29) is 0 Å². The van der Waals surface area contributed by atoms with Crippen LogP contribution in [0.5, 0.6) is 5.75 Å². The van der Waals surface area contributed by atoms with Gasteiger partial charge < -0.3 is 15.4 Å². The number of anilines is 3. The van der Waals surface area contributed by atoms with Crippen LogP contribution in [-0.4, -0.2) is 23.1 Å². The van der Waals surface area contributed by atoms with Gasteiger partial charge in [-0.05, 0) is 31.2 Å². The number of ether oxygens (including phenoxy) is 1. The van der Waals surface area contributed by atoms with E-state index in [2.05, 4.69) is 27.2 Å². The summed E-state index contributed by atoms with van der Waals surface area (Å²) in [6.07, 6.45) is 1.78. The van der Waals surface area contributed by atoms with Crippen LogP contribution in [0, 0.1) is 0 Å². The van der Waals surface area contributed by atoms with Crippen LogP contribution in [0.4, 0.5) is 17.5 Å². The van der Waals surface area contributed by atoms with Crippen molar-refractivity contribution in [1.82, 2.24) is 9.97 Å². The van der Waals surface area contributed by atoms with Gasteiger partial charge in [-0.3, -0.25) is 0 Å². The molecule has 5 heteroatoms. The molecule has 132 valence electrons. The second-order valence-corrected chi connectivity index (χ2v) is 5.58. The Balaban J connectivity index is 1.88. The molecule has 0 fully saturated rings. The summed E-state index contributed by atoms with van der Waals surface area (Å²) in [5, 5.41) is 6.48. The first kappa shape index (κ1) is 17.5. The molecule has 3 aromatic rings. The van der Waals surface area contributed by atoms with Crippen molar-refractivity contribution in [2.24, 2.45) is 0 Å². The van der Waals surface area contributed by atoms with Crippen LogP contribution in [0.3, 0.4) is 0 Å². The molecule has 0 saturated heterocycles. The minimum Gasteiger partial charge on any atom is -0.494 e. The van der Waals surface area contributed by atoms with Crippen LogP contribution < -0.4 is 15.4 Å². The van der Waals surface area contributed by atoms with Gasteiger partial charge in [-0.1, -0.05) is 36.4 Å². The summed E-state index contributed by atoms with van der Waals surface area (Å²) in [6, 6.07) is 19.8. The topological polar surface area (TPSA) is 59.1 Å². The highest BCUT2D eigenvalue weighted by molar-refractivity contribution is 5.67. The monoisotopic (exact) mass is 346 g/mol. The van der Waals surface area contributed by atoms with Gasteiger partial charge in [-0.15, -0.1) is 6.58 Å². The zero-order chi connectivity index (χ0) is 18.2. The molecule has 0 aliphatic carbocycles. The molecular formula is C21H22N4O. The first-order valence-electron chi connectivity index (χ1n) is 8.57. The van der Waals surface area contributed by atoms with Crippen LogP contribution in [0.2, 0.25) is 0 Å². The van der Waals surface area contributed by atoms with E-state index in [0.29, 0.717) is 19.1 Å². The summed E-state index contributed by atoms with van der Waals surface area (Å²) in [5.41, 5.74) is 2.81. The number of hydrogen-bond acceptors (Lipinski definition) is 5. The fraction of sp³-hybridized carbons (Fsp3) is 0.143. The van der Waals surface area contributed by atoms with Gasteiger partial charge >= 0.3 is 0 Å². The van der Waals surface area contributed by atoms with Gasteiger partial charge in [0, 0.05) is 23.9 Å². The van der Waals surface area contributed by atoms with Crippen molar-refractivity contribution in [3.8, 4) is 17.0 Å². The van der Waals surface area contributed by atoms with Gasteiger partial charge in [-0.25, -0.2) is 4.98 Å². The molecule has 1 aromatic heterocycles. The summed E-state index contributed by atoms with van der Waals surface area (Å²) in [6.45, 7) is 6.94. The van der Waals surface area contributed by atoms with E-state index in [1.54, 1.807) is 6.08 Å². The fourth-order valence-electron chi connectivity index (χ4n) is 2.46. The minimum atomic E-state index is 0.555. The molecule has 0 aliphatic heterocycles. The molecule has 2 N–H and O–H groups in total. The molecule has 0 amide bonds. The number of aromatic nitrogens is 2. The van der Waals surface area contributed by atoms with E-state index < -0.39 is 0 Å². The van der Waals surface area contributed by atoms with Crippen LogP contribution in [0.1, 0.15) is 6.92 Å². The zero-order valence-electron chi connectivity index (χ0n) is 14.8. The summed E-state index contributed by atoms with van der Waals surface area (Å²) >= 11 is 0. The highest BCUT2D eigenvalue weighted by Gasteiger charge is 2.07. The molecule has 0 atom stereocenters. The molecule has 0 radical (unpaired) electrons. The molecular weight excluding hydrogens is 324 g/mol. The van der Waals surface area contributed by atoms with Crippen molar-refractivity contribution >= 4 is 17.5 Å². The lowest BCUT2D eigenvalue weighted by molar-refractivity contribution is 0.340. The Morgan fingerprint density at radius 3 is 2.50 bits per heavy atom. The van der Waals surface area contributed by atoms with Gasteiger partial charge in [0.1, 0.15) is 11.6 Å². The van der Waals surface area contributed by atoms with E-state index in [9.17, 15) is 0 Å². The van der Waals surface area contributed by atoms with Crippen LogP contribution in [0.15, 0.2) is 73.3 Å². The van der Waals surface area contributed by atoms with Gasteiger partial charge in [0.25, 0.3) is 0 Å².